The quantitative estimate of drug-likeness (QED) is 0.675. The van der Waals surface area contributed by atoms with Gasteiger partial charge in [-0.05, 0) is 85.9 Å². The SMILES string of the molecule is CC1C[C@@H]2[C@@H](CC[C@]3(C)C(=O)CC[C@@H]23)[C@@]2(C)CCC(C=CC3CNC3)CC12. The van der Waals surface area contributed by atoms with Crippen molar-refractivity contribution in [3.8, 4) is 0 Å². The smallest absolute Gasteiger partial charge is 0.139 e. The highest BCUT2D eigenvalue weighted by Gasteiger charge is 2.61. The summed E-state index contributed by atoms with van der Waals surface area (Å²) in [6.07, 6.45) is 15.2. The average molecular weight is 370 g/mol. The number of hydrogen-bond acceptors (Lipinski definition) is 2. The van der Waals surface area contributed by atoms with Crippen LogP contribution < -0.4 is 5.32 Å². The molecular weight excluding hydrogens is 330 g/mol. The summed E-state index contributed by atoms with van der Waals surface area (Å²) in [4.78, 5) is 12.6. The Hall–Kier alpha value is -0.630. The fraction of sp³-hybridized carbons (Fsp3) is 0.880. The highest BCUT2D eigenvalue weighted by Crippen LogP contribution is 2.67. The van der Waals surface area contributed by atoms with Gasteiger partial charge in [0, 0.05) is 30.8 Å². The van der Waals surface area contributed by atoms with Crippen LogP contribution in [0.3, 0.4) is 0 Å². The van der Waals surface area contributed by atoms with Gasteiger partial charge in [0.25, 0.3) is 0 Å². The van der Waals surface area contributed by atoms with E-state index in [1.54, 1.807) is 0 Å². The van der Waals surface area contributed by atoms with Gasteiger partial charge < -0.3 is 5.32 Å². The van der Waals surface area contributed by atoms with Crippen molar-refractivity contribution in [3.63, 3.8) is 0 Å². The van der Waals surface area contributed by atoms with Crippen molar-refractivity contribution in [1.29, 1.82) is 0 Å². The first-order valence-corrected chi connectivity index (χ1v) is 11.8. The molecule has 0 amide bonds. The van der Waals surface area contributed by atoms with E-state index in [9.17, 15) is 4.79 Å². The Morgan fingerprint density at radius 1 is 0.926 bits per heavy atom. The van der Waals surface area contributed by atoms with Gasteiger partial charge in [0.2, 0.25) is 0 Å². The summed E-state index contributed by atoms with van der Waals surface area (Å²) in [7, 11) is 0. The largest absolute Gasteiger partial charge is 0.315 e. The van der Waals surface area contributed by atoms with Gasteiger partial charge in [-0.3, -0.25) is 4.79 Å². The molecule has 5 rings (SSSR count). The van der Waals surface area contributed by atoms with Gasteiger partial charge >= 0.3 is 0 Å². The summed E-state index contributed by atoms with van der Waals surface area (Å²) >= 11 is 0. The van der Waals surface area contributed by atoms with Crippen LogP contribution >= 0.6 is 0 Å². The van der Waals surface area contributed by atoms with E-state index in [4.69, 9.17) is 0 Å². The molecular formula is C25H39NO. The highest BCUT2D eigenvalue weighted by atomic mass is 16.1. The van der Waals surface area contributed by atoms with E-state index in [2.05, 4.69) is 38.2 Å². The van der Waals surface area contributed by atoms with E-state index in [0.717, 1.165) is 41.9 Å². The van der Waals surface area contributed by atoms with Crippen LogP contribution in [0.5, 0.6) is 0 Å². The molecule has 5 aliphatic rings. The van der Waals surface area contributed by atoms with Crippen LogP contribution in [0.1, 0.15) is 72.1 Å². The van der Waals surface area contributed by atoms with E-state index in [1.807, 2.05) is 0 Å². The number of rotatable bonds is 2. The number of ketones is 1. The molecule has 1 heterocycles. The predicted molar refractivity (Wildman–Crippen MR) is 110 cm³/mol. The van der Waals surface area contributed by atoms with Gasteiger partial charge in [-0.1, -0.05) is 32.9 Å². The molecule has 2 heteroatoms. The zero-order valence-corrected chi connectivity index (χ0v) is 17.7. The molecule has 150 valence electrons. The predicted octanol–water partition coefficient (Wildman–Crippen LogP) is 5.24. The minimum atomic E-state index is 0.0286. The Balaban J connectivity index is 1.35. The maximum absolute atomic E-state index is 12.6. The van der Waals surface area contributed by atoms with Gasteiger partial charge in [-0.2, -0.15) is 0 Å². The highest BCUT2D eigenvalue weighted by molar-refractivity contribution is 5.87. The lowest BCUT2D eigenvalue weighted by Crippen LogP contribution is -2.55. The van der Waals surface area contributed by atoms with Crippen molar-refractivity contribution >= 4 is 5.78 Å². The zero-order chi connectivity index (χ0) is 18.8. The van der Waals surface area contributed by atoms with Gasteiger partial charge in [-0.15, -0.1) is 0 Å². The van der Waals surface area contributed by atoms with Crippen LogP contribution in [-0.2, 0) is 4.79 Å². The second-order valence-corrected chi connectivity index (χ2v) is 11.5. The summed E-state index contributed by atoms with van der Waals surface area (Å²) in [5.74, 6) is 6.30. The molecule has 8 atom stereocenters. The van der Waals surface area contributed by atoms with Crippen LogP contribution in [-0.4, -0.2) is 18.9 Å². The molecule has 5 fully saturated rings. The minimum Gasteiger partial charge on any atom is -0.315 e. The first-order chi connectivity index (χ1) is 12.9. The van der Waals surface area contributed by atoms with Gasteiger partial charge in [0.05, 0.1) is 0 Å². The van der Waals surface area contributed by atoms with Gasteiger partial charge in [-0.25, -0.2) is 0 Å². The second-order valence-electron chi connectivity index (χ2n) is 11.5. The first-order valence-electron chi connectivity index (χ1n) is 11.8. The van der Waals surface area contributed by atoms with E-state index >= 15 is 0 Å². The molecule has 27 heavy (non-hydrogen) atoms. The fourth-order valence-corrected chi connectivity index (χ4v) is 8.47. The Morgan fingerprint density at radius 3 is 2.44 bits per heavy atom. The Kier molecular flexibility index (Phi) is 4.39. The zero-order valence-electron chi connectivity index (χ0n) is 17.7. The number of carbonyl (C=O) groups excluding carboxylic acids is 1. The number of carbonyl (C=O) groups is 1. The van der Waals surface area contributed by atoms with Crippen molar-refractivity contribution < 1.29 is 4.79 Å². The second kappa shape index (κ2) is 6.44. The third kappa shape index (κ3) is 2.72. The lowest BCUT2D eigenvalue weighted by Gasteiger charge is -2.62. The fourth-order valence-electron chi connectivity index (χ4n) is 8.47. The van der Waals surface area contributed by atoms with Gasteiger partial charge in [0.1, 0.15) is 5.78 Å². The molecule has 4 aliphatic carbocycles. The molecule has 1 saturated heterocycles. The third-order valence-electron chi connectivity index (χ3n) is 10.3. The topological polar surface area (TPSA) is 29.1 Å². The minimum absolute atomic E-state index is 0.0286. The van der Waals surface area contributed by atoms with Crippen LogP contribution in [0, 0.1) is 52.3 Å². The molecule has 4 saturated carbocycles. The number of hydrogen-bond donors (Lipinski definition) is 1. The van der Waals surface area contributed by atoms with Crippen molar-refractivity contribution in [3.05, 3.63) is 12.2 Å². The molecule has 2 nitrogen and oxygen atoms in total. The molecule has 0 spiro atoms. The van der Waals surface area contributed by atoms with Crippen LogP contribution in [0.15, 0.2) is 12.2 Å². The van der Waals surface area contributed by atoms with Gasteiger partial charge in [0.15, 0.2) is 0 Å². The summed E-state index contributed by atoms with van der Waals surface area (Å²) in [6, 6.07) is 0. The number of Topliss-reactive ketones (excluding diaryl/α,β-unsaturated/α-hetero) is 1. The number of fused-ring (bicyclic) bond motifs is 5. The van der Waals surface area contributed by atoms with Crippen molar-refractivity contribution in [1.82, 2.24) is 5.32 Å². The molecule has 0 aromatic carbocycles. The summed E-state index contributed by atoms with van der Waals surface area (Å²) < 4.78 is 0. The maximum Gasteiger partial charge on any atom is 0.139 e. The van der Waals surface area contributed by atoms with E-state index in [0.29, 0.717) is 17.1 Å². The van der Waals surface area contributed by atoms with E-state index < -0.39 is 0 Å². The van der Waals surface area contributed by atoms with E-state index in [-0.39, 0.29) is 5.41 Å². The Bertz CT molecular complexity index is 636. The molecule has 0 bridgehead atoms. The summed E-state index contributed by atoms with van der Waals surface area (Å²) in [6.45, 7) is 9.89. The first kappa shape index (κ1) is 18.4. The van der Waals surface area contributed by atoms with Crippen molar-refractivity contribution in [2.45, 2.75) is 72.1 Å². The average Bonchev–Trinajstić information content (AvgIpc) is 2.90. The molecule has 1 aliphatic heterocycles. The van der Waals surface area contributed by atoms with Crippen LogP contribution in [0.2, 0.25) is 0 Å². The van der Waals surface area contributed by atoms with E-state index in [1.165, 1.54) is 58.0 Å². The molecule has 3 unspecified atom stereocenters. The third-order valence-corrected chi connectivity index (χ3v) is 10.3. The normalized spacial score (nSPS) is 52.9. The van der Waals surface area contributed by atoms with Crippen molar-refractivity contribution in [2.24, 2.45) is 52.3 Å². The van der Waals surface area contributed by atoms with Crippen LogP contribution in [0.25, 0.3) is 0 Å². The molecule has 0 aromatic rings. The molecule has 1 N–H and O–H groups in total. The number of nitrogens with one attached hydrogen (secondary N) is 1. The summed E-state index contributed by atoms with van der Waals surface area (Å²) in [5, 5.41) is 3.39. The Morgan fingerprint density at radius 2 is 1.70 bits per heavy atom. The number of allylic oxidation sites excluding steroid dienone is 1. The molecule has 0 radical (unpaired) electrons. The standard InChI is InChI=1S/C25H39NO/c1-16-12-19-20-6-7-23(27)25(20,3)11-9-21(19)24(2)10-8-17(13-22(16)24)4-5-18-14-26-15-18/h4-5,16-22,26H,6-15H2,1-3H3/t16?,17?,19-,20-,21+,22?,24+,25-/m0/s1. The summed E-state index contributed by atoms with van der Waals surface area (Å²) in [5.41, 5.74) is 0.554. The maximum atomic E-state index is 12.6. The van der Waals surface area contributed by atoms with Crippen molar-refractivity contribution in [2.75, 3.05) is 13.1 Å². The lowest BCUT2D eigenvalue weighted by atomic mass is 9.43. The Labute approximate surface area is 165 Å². The lowest BCUT2D eigenvalue weighted by molar-refractivity contribution is -0.146. The van der Waals surface area contributed by atoms with Crippen LogP contribution in [0.4, 0.5) is 0 Å². The monoisotopic (exact) mass is 369 g/mol. The molecule has 0 aromatic heterocycles.